The van der Waals surface area contributed by atoms with Crippen LogP contribution in [-0.2, 0) is 14.8 Å². The summed E-state index contributed by atoms with van der Waals surface area (Å²) < 4.78 is 32.4. The maximum absolute atomic E-state index is 12.2. The summed E-state index contributed by atoms with van der Waals surface area (Å²) in [5, 5.41) is 8.61. The van der Waals surface area contributed by atoms with Crippen LogP contribution in [0.25, 0.3) is 0 Å². The summed E-state index contributed by atoms with van der Waals surface area (Å²) in [5.74, 6) is 5.24. The molecule has 1 atom stereocenters. The maximum Gasteiger partial charge on any atom is 0.240 e. The number of ether oxygens (including phenoxy) is 1. The molecule has 0 radical (unpaired) electrons. The Hall–Kier alpha value is -1.39. The van der Waals surface area contributed by atoms with Gasteiger partial charge in [-0.2, -0.15) is 0 Å². The standard InChI is InChI=1S/C15H19NO4S/c17-10-3-4-13-6-8-15(9-7-13)21(18,19)16-12-14-5-1-2-11-20-14/h6-9,14,16-17H,1-2,5,10-12H2. The summed E-state index contributed by atoms with van der Waals surface area (Å²) in [7, 11) is -3.52. The molecular formula is C15H19NO4S. The van der Waals surface area contributed by atoms with E-state index in [1.165, 1.54) is 12.1 Å². The molecule has 1 saturated heterocycles. The summed E-state index contributed by atoms with van der Waals surface area (Å²) in [6.07, 6.45) is 2.96. The molecule has 1 fully saturated rings. The predicted octanol–water partition coefficient (Wildman–Crippen LogP) is 0.878. The minimum Gasteiger partial charge on any atom is -0.384 e. The Kier molecular flexibility index (Phi) is 5.76. The van der Waals surface area contributed by atoms with Gasteiger partial charge in [-0.15, -0.1) is 0 Å². The van der Waals surface area contributed by atoms with Gasteiger partial charge >= 0.3 is 0 Å². The second-order valence-electron chi connectivity index (χ2n) is 4.82. The number of nitrogens with one attached hydrogen (secondary N) is 1. The number of hydrogen-bond acceptors (Lipinski definition) is 4. The van der Waals surface area contributed by atoms with Crippen molar-refractivity contribution in [1.29, 1.82) is 0 Å². The van der Waals surface area contributed by atoms with Crippen molar-refractivity contribution >= 4 is 10.0 Å². The first-order valence-electron chi connectivity index (χ1n) is 6.93. The second-order valence-corrected chi connectivity index (χ2v) is 6.59. The number of aliphatic hydroxyl groups excluding tert-OH is 1. The van der Waals surface area contributed by atoms with Crippen molar-refractivity contribution in [2.45, 2.75) is 30.3 Å². The van der Waals surface area contributed by atoms with E-state index in [2.05, 4.69) is 16.6 Å². The van der Waals surface area contributed by atoms with Crippen molar-refractivity contribution in [2.24, 2.45) is 0 Å². The fourth-order valence-electron chi connectivity index (χ4n) is 2.11. The molecule has 5 nitrogen and oxygen atoms in total. The Morgan fingerprint density at radius 3 is 2.67 bits per heavy atom. The first-order chi connectivity index (χ1) is 10.1. The Labute approximate surface area is 125 Å². The normalized spacial score (nSPS) is 18.8. The zero-order valence-electron chi connectivity index (χ0n) is 11.7. The van der Waals surface area contributed by atoms with Gasteiger partial charge in [0, 0.05) is 18.7 Å². The van der Waals surface area contributed by atoms with Crippen LogP contribution in [0, 0.1) is 11.8 Å². The van der Waals surface area contributed by atoms with Crippen LogP contribution in [0.1, 0.15) is 24.8 Å². The lowest BCUT2D eigenvalue weighted by atomic mass is 10.1. The highest BCUT2D eigenvalue weighted by Crippen LogP contribution is 2.14. The molecule has 1 aliphatic heterocycles. The number of sulfonamides is 1. The van der Waals surface area contributed by atoms with Gasteiger partial charge in [0.2, 0.25) is 10.0 Å². The third-order valence-electron chi connectivity index (χ3n) is 3.25. The van der Waals surface area contributed by atoms with E-state index in [4.69, 9.17) is 9.84 Å². The molecule has 1 aromatic carbocycles. The predicted molar refractivity (Wildman–Crippen MR) is 79.2 cm³/mol. The SMILES string of the molecule is O=S(=O)(NCC1CCCCO1)c1ccc(C#CCO)cc1. The molecule has 0 spiro atoms. The van der Waals surface area contributed by atoms with Gasteiger partial charge in [0.25, 0.3) is 0 Å². The van der Waals surface area contributed by atoms with Gasteiger partial charge in [0.15, 0.2) is 0 Å². The number of hydrogen-bond donors (Lipinski definition) is 2. The Bertz CT molecular complexity index is 607. The van der Waals surface area contributed by atoms with Crippen LogP contribution in [0.4, 0.5) is 0 Å². The second kappa shape index (κ2) is 7.57. The van der Waals surface area contributed by atoms with E-state index in [9.17, 15) is 8.42 Å². The summed E-state index contributed by atoms with van der Waals surface area (Å²) >= 11 is 0. The quantitative estimate of drug-likeness (QED) is 0.810. The van der Waals surface area contributed by atoms with Crippen LogP contribution in [0.15, 0.2) is 29.2 Å². The zero-order valence-corrected chi connectivity index (χ0v) is 12.5. The van der Waals surface area contributed by atoms with E-state index in [0.717, 1.165) is 19.3 Å². The molecule has 1 aromatic rings. The maximum atomic E-state index is 12.2. The van der Waals surface area contributed by atoms with Crippen molar-refractivity contribution in [3.63, 3.8) is 0 Å². The van der Waals surface area contributed by atoms with E-state index in [1.54, 1.807) is 12.1 Å². The molecule has 0 saturated carbocycles. The van der Waals surface area contributed by atoms with E-state index in [0.29, 0.717) is 18.7 Å². The topological polar surface area (TPSA) is 75.6 Å². The van der Waals surface area contributed by atoms with Crippen LogP contribution in [0.3, 0.4) is 0 Å². The Morgan fingerprint density at radius 2 is 2.05 bits per heavy atom. The smallest absolute Gasteiger partial charge is 0.240 e. The average molecular weight is 309 g/mol. The Balaban J connectivity index is 1.98. The monoisotopic (exact) mass is 309 g/mol. The molecule has 0 aliphatic carbocycles. The van der Waals surface area contributed by atoms with E-state index >= 15 is 0 Å². The first kappa shape index (κ1) is 16.0. The molecule has 0 amide bonds. The number of benzene rings is 1. The molecule has 1 unspecified atom stereocenters. The van der Waals surface area contributed by atoms with Crippen LogP contribution in [0.2, 0.25) is 0 Å². The van der Waals surface area contributed by atoms with Gasteiger partial charge in [0.05, 0.1) is 11.0 Å². The molecule has 1 aliphatic rings. The van der Waals surface area contributed by atoms with Crippen LogP contribution >= 0.6 is 0 Å². The third-order valence-corrected chi connectivity index (χ3v) is 4.69. The Morgan fingerprint density at radius 1 is 1.29 bits per heavy atom. The van der Waals surface area contributed by atoms with Crippen molar-refractivity contribution in [3.05, 3.63) is 29.8 Å². The van der Waals surface area contributed by atoms with Gasteiger partial charge < -0.3 is 9.84 Å². The molecule has 6 heteroatoms. The van der Waals surface area contributed by atoms with E-state index in [-0.39, 0.29) is 17.6 Å². The van der Waals surface area contributed by atoms with Crippen LogP contribution in [0.5, 0.6) is 0 Å². The molecule has 0 bridgehead atoms. The molecule has 0 aromatic heterocycles. The van der Waals surface area contributed by atoms with Crippen LogP contribution < -0.4 is 4.72 Å². The number of aliphatic hydroxyl groups is 1. The van der Waals surface area contributed by atoms with Gasteiger partial charge in [-0.1, -0.05) is 11.8 Å². The largest absolute Gasteiger partial charge is 0.384 e. The third kappa shape index (κ3) is 4.83. The molecule has 1 heterocycles. The summed E-state index contributed by atoms with van der Waals surface area (Å²) in [4.78, 5) is 0.202. The summed E-state index contributed by atoms with van der Waals surface area (Å²) in [6, 6.07) is 6.25. The minimum absolute atomic E-state index is 0.0387. The summed E-state index contributed by atoms with van der Waals surface area (Å²) in [6.45, 7) is 0.780. The molecular weight excluding hydrogens is 290 g/mol. The summed E-state index contributed by atoms with van der Waals surface area (Å²) in [5.41, 5.74) is 0.665. The van der Waals surface area contributed by atoms with E-state index < -0.39 is 10.0 Å². The average Bonchev–Trinajstić information content (AvgIpc) is 2.52. The van der Waals surface area contributed by atoms with Gasteiger partial charge in [0.1, 0.15) is 6.61 Å². The van der Waals surface area contributed by atoms with Crippen molar-refractivity contribution in [3.8, 4) is 11.8 Å². The highest BCUT2D eigenvalue weighted by atomic mass is 32.2. The molecule has 2 rings (SSSR count). The fourth-order valence-corrected chi connectivity index (χ4v) is 3.18. The van der Waals surface area contributed by atoms with Crippen molar-refractivity contribution < 1.29 is 18.3 Å². The lowest BCUT2D eigenvalue weighted by Crippen LogP contribution is -2.35. The van der Waals surface area contributed by atoms with Crippen molar-refractivity contribution in [2.75, 3.05) is 19.8 Å². The lowest BCUT2D eigenvalue weighted by molar-refractivity contribution is 0.0200. The lowest BCUT2D eigenvalue weighted by Gasteiger charge is -2.22. The van der Waals surface area contributed by atoms with Gasteiger partial charge in [-0.3, -0.25) is 0 Å². The van der Waals surface area contributed by atoms with Gasteiger partial charge in [-0.05, 0) is 43.5 Å². The molecule has 2 N–H and O–H groups in total. The first-order valence-corrected chi connectivity index (χ1v) is 8.41. The minimum atomic E-state index is -3.52. The fraction of sp³-hybridized carbons (Fsp3) is 0.467. The number of rotatable bonds is 4. The molecule has 21 heavy (non-hydrogen) atoms. The van der Waals surface area contributed by atoms with Crippen LogP contribution in [-0.4, -0.2) is 39.4 Å². The highest BCUT2D eigenvalue weighted by Gasteiger charge is 2.19. The molecule has 114 valence electrons. The van der Waals surface area contributed by atoms with Gasteiger partial charge in [-0.25, -0.2) is 13.1 Å². The zero-order chi connectivity index (χ0) is 15.1. The highest BCUT2D eigenvalue weighted by molar-refractivity contribution is 7.89. The van der Waals surface area contributed by atoms with Crippen molar-refractivity contribution in [1.82, 2.24) is 4.72 Å². The van der Waals surface area contributed by atoms with E-state index in [1.807, 2.05) is 0 Å².